The highest BCUT2D eigenvalue weighted by atomic mass is 32.2. The number of aromatic nitrogens is 3. The van der Waals surface area contributed by atoms with Crippen LogP contribution < -0.4 is 4.74 Å². The molecule has 112 valence electrons. The van der Waals surface area contributed by atoms with Crippen LogP contribution in [0.25, 0.3) is 0 Å². The fourth-order valence-electron chi connectivity index (χ4n) is 1.69. The zero-order chi connectivity index (χ0) is 15.5. The van der Waals surface area contributed by atoms with E-state index in [0.29, 0.717) is 5.75 Å². The second-order valence-corrected chi connectivity index (χ2v) is 6.23. The van der Waals surface area contributed by atoms with E-state index in [9.17, 15) is 13.2 Å². The van der Waals surface area contributed by atoms with Gasteiger partial charge in [-0.3, -0.25) is 4.79 Å². The van der Waals surface area contributed by atoms with Gasteiger partial charge in [-0.05, 0) is 18.2 Å². The van der Waals surface area contributed by atoms with Crippen LogP contribution in [0.2, 0.25) is 0 Å². The minimum absolute atomic E-state index is 0.106. The summed E-state index contributed by atoms with van der Waals surface area (Å²) in [5, 5.41) is 15.9. The molecule has 21 heavy (non-hydrogen) atoms. The van der Waals surface area contributed by atoms with Crippen molar-refractivity contribution in [3.8, 4) is 5.75 Å². The van der Waals surface area contributed by atoms with Crippen molar-refractivity contribution < 1.29 is 23.1 Å². The van der Waals surface area contributed by atoms with Crippen molar-refractivity contribution in [2.75, 3.05) is 7.11 Å². The zero-order valence-electron chi connectivity index (χ0n) is 11.1. The number of carboxylic acid groups (broad SMARTS) is 1. The summed E-state index contributed by atoms with van der Waals surface area (Å²) in [6.45, 7) is -0.369. The Morgan fingerprint density at radius 2 is 2.19 bits per heavy atom. The molecule has 0 aliphatic rings. The van der Waals surface area contributed by atoms with E-state index >= 15 is 0 Å². The maximum atomic E-state index is 12.3. The van der Waals surface area contributed by atoms with Crippen LogP contribution in [0.5, 0.6) is 5.75 Å². The highest BCUT2D eigenvalue weighted by Crippen LogP contribution is 2.20. The first-order valence-corrected chi connectivity index (χ1v) is 7.53. The van der Waals surface area contributed by atoms with Crippen molar-refractivity contribution in [3.63, 3.8) is 0 Å². The fourth-order valence-corrected chi connectivity index (χ4v) is 2.96. The van der Waals surface area contributed by atoms with Gasteiger partial charge in [0.15, 0.2) is 9.84 Å². The van der Waals surface area contributed by atoms with Crippen LogP contribution in [-0.4, -0.2) is 41.6 Å². The molecule has 0 unspecified atom stereocenters. The summed E-state index contributed by atoms with van der Waals surface area (Å²) in [4.78, 5) is 10.6. The Kier molecular flexibility index (Phi) is 4.22. The molecule has 0 radical (unpaired) electrons. The highest BCUT2D eigenvalue weighted by Gasteiger charge is 2.18. The average Bonchev–Trinajstić information content (AvgIpc) is 2.84. The summed E-state index contributed by atoms with van der Waals surface area (Å²) in [5.41, 5.74) is 0.180. The van der Waals surface area contributed by atoms with Gasteiger partial charge >= 0.3 is 5.97 Å². The van der Waals surface area contributed by atoms with Crippen molar-refractivity contribution in [2.24, 2.45) is 0 Å². The van der Waals surface area contributed by atoms with Crippen LogP contribution in [0.3, 0.4) is 0 Å². The van der Waals surface area contributed by atoms with Crippen LogP contribution in [0.1, 0.15) is 5.69 Å². The van der Waals surface area contributed by atoms with Gasteiger partial charge < -0.3 is 9.84 Å². The number of ether oxygens (including phenoxy) is 1. The van der Waals surface area contributed by atoms with Gasteiger partial charge in [0.25, 0.3) is 0 Å². The Balaban J connectivity index is 2.20. The first-order valence-electron chi connectivity index (χ1n) is 5.88. The van der Waals surface area contributed by atoms with Gasteiger partial charge in [0.2, 0.25) is 0 Å². The molecule has 2 aromatic rings. The van der Waals surface area contributed by atoms with Gasteiger partial charge in [-0.2, -0.15) is 0 Å². The Morgan fingerprint density at radius 1 is 1.43 bits per heavy atom. The lowest BCUT2D eigenvalue weighted by molar-refractivity contribution is -0.137. The summed E-state index contributed by atoms with van der Waals surface area (Å²) < 4.78 is 30.6. The van der Waals surface area contributed by atoms with Crippen LogP contribution in [0.4, 0.5) is 0 Å². The van der Waals surface area contributed by atoms with E-state index in [0.717, 1.165) is 4.68 Å². The maximum absolute atomic E-state index is 12.3. The first-order chi connectivity index (χ1) is 9.90. The summed E-state index contributed by atoms with van der Waals surface area (Å²) in [5.74, 6) is -1.01. The van der Waals surface area contributed by atoms with Gasteiger partial charge in [-0.1, -0.05) is 11.3 Å². The molecular formula is C12H13N3O5S. The topological polar surface area (TPSA) is 111 Å². The Bertz CT molecular complexity index is 754. The van der Waals surface area contributed by atoms with E-state index in [1.165, 1.54) is 25.4 Å². The molecule has 0 aliphatic heterocycles. The molecular weight excluding hydrogens is 298 g/mol. The lowest BCUT2D eigenvalue weighted by Crippen LogP contribution is -2.09. The maximum Gasteiger partial charge on any atom is 0.325 e. The molecule has 2 rings (SSSR count). The Hall–Kier alpha value is -2.42. The smallest absolute Gasteiger partial charge is 0.325 e. The minimum atomic E-state index is -3.60. The first kappa shape index (κ1) is 15.0. The number of rotatable bonds is 6. The van der Waals surface area contributed by atoms with Crippen molar-refractivity contribution >= 4 is 15.8 Å². The number of hydrogen-bond donors (Lipinski definition) is 1. The zero-order valence-corrected chi connectivity index (χ0v) is 11.9. The summed E-state index contributed by atoms with van der Waals surface area (Å²) >= 11 is 0. The highest BCUT2D eigenvalue weighted by molar-refractivity contribution is 7.90. The molecule has 0 fully saturated rings. The largest absolute Gasteiger partial charge is 0.497 e. The molecule has 0 saturated carbocycles. The number of benzene rings is 1. The average molecular weight is 311 g/mol. The Morgan fingerprint density at radius 3 is 2.86 bits per heavy atom. The summed E-state index contributed by atoms with van der Waals surface area (Å²) in [6.07, 6.45) is 1.30. The molecule has 8 nitrogen and oxygen atoms in total. The van der Waals surface area contributed by atoms with Gasteiger partial charge in [0.1, 0.15) is 18.0 Å². The molecule has 0 amide bonds. The van der Waals surface area contributed by atoms with E-state index < -0.39 is 15.8 Å². The van der Waals surface area contributed by atoms with Crippen molar-refractivity contribution in [1.82, 2.24) is 15.0 Å². The summed E-state index contributed by atoms with van der Waals surface area (Å²) in [7, 11) is -2.16. The molecule has 0 aliphatic carbocycles. The number of carboxylic acids is 1. The van der Waals surface area contributed by atoms with Crippen molar-refractivity contribution in [1.29, 1.82) is 0 Å². The fraction of sp³-hybridized carbons (Fsp3) is 0.250. The molecule has 9 heteroatoms. The van der Waals surface area contributed by atoms with E-state index in [2.05, 4.69) is 10.3 Å². The quantitative estimate of drug-likeness (QED) is 0.819. The third-order valence-corrected chi connectivity index (χ3v) is 4.27. The van der Waals surface area contributed by atoms with Crippen LogP contribution in [0, 0.1) is 0 Å². The molecule has 1 aromatic carbocycles. The molecule has 0 bridgehead atoms. The normalized spacial score (nSPS) is 11.3. The van der Waals surface area contributed by atoms with Crippen molar-refractivity contribution in [2.45, 2.75) is 17.2 Å². The lowest BCUT2D eigenvalue weighted by Gasteiger charge is -2.04. The molecule has 1 heterocycles. The SMILES string of the molecule is COc1cccc(S(=O)(=O)Cc2cn(CC(=O)O)nn2)c1. The molecule has 0 saturated heterocycles. The lowest BCUT2D eigenvalue weighted by atomic mass is 10.3. The minimum Gasteiger partial charge on any atom is -0.497 e. The van der Waals surface area contributed by atoms with E-state index in [-0.39, 0.29) is 22.9 Å². The number of nitrogens with zero attached hydrogens (tertiary/aromatic N) is 3. The second kappa shape index (κ2) is 5.92. The van der Waals surface area contributed by atoms with Crippen LogP contribution in [-0.2, 0) is 26.9 Å². The number of sulfone groups is 1. The van der Waals surface area contributed by atoms with Crippen LogP contribution in [0.15, 0.2) is 35.4 Å². The molecule has 0 atom stereocenters. The van der Waals surface area contributed by atoms with Gasteiger partial charge in [0.05, 0.1) is 23.9 Å². The Labute approximate surface area is 120 Å². The van der Waals surface area contributed by atoms with Gasteiger partial charge in [-0.15, -0.1) is 5.10 Å². The van der Waals surface area contributed by atoms with Crippen LogP contribution >= 0.6 is 0 Å². The standard InChI is InChI=1S/C12H13N3O5S/c1-20-10-3-2-4-11(5-10)21(18,19)8-9-6-15(14-13-9)7-12(16)17/h2-6H,7-8H2,1H3,(H,16,17). The second-order valence-electron chi connectivity index (χ2n) is 4.24. The van der Waals surface area contributed by atoms with Gasteiger partial charge in [0, 0.05) is 0 Å². The third-order valence-electron chi connectivity index (χ3n) is 2.62. The van der Waals surface area contributed by atoms with Gasteiger partial charge in [-0.25, -0.2) is 13.1 Å². The predicted octanol–water partition coefficient (Wildman–Crippen LogP) is 0.345. The molecule has 1 aromatic heterocycles. The van der Waals surface area contributed by atoms with E-state index in [1.807, 2.05) is 0 Å². The predicted molar refractivity (Wildman–Crippen MR) is 71.5 cm³/mol. The summed E-state index contributed by atoms with van der Waals surface area (Å²) in [6, 6.07) is 6.09. The number of aliphatic carboxylic acids is 1. The molecule has 1 N–H and O–H groups in total. The van der Waals surface area contributed by atoms with Crippen molar-refractivity contribution in [3.05, 3.63) is 36.2 Å². The molecule has 0 spiro atoms. The van der Waals surface area contributed by atoms with E-state index in [4.69, 9.17) is 9.84 Å². The number of hydrogen-bond acceptors (Lipinski definition) is 6. The third kappa shape index (κ3) is 3.78. The number of methoxy groups -OCH3 is 1. The number of carbonyl (C=O) groups is 1. The van der Waals surface area contributed by atoms with E-state index in [1.54, 1.807) is 12.1 Å². The monoisotopic (exact) mass is 311 g/mol.